The fourth-order valence-electron chi connectivity index (χ4n) is 1.08. The van der Waals surface area contributed by atoms with Gasteiger partial charge in [-0.15, -0.1) is 0 Å². The molecule has 0 amide bonds. The maximum Gasteiger partial charge on any atom is 0.0178 e. The monoisotopic (exact) mass is 150 g/mol. The molecule has 0 spiro atoms. The van der Waals surface area contributed by atoms with Gasteiger partial charge in [0, 0.05) is 6.54 Å². The van der Waals surface area contributed by atoms with Gasteiger partial charge in [0.2, 0.25) is 0 Å². The third-order valence-corrected chi connectivity index (χ3v) is 1.66. The van der Waals surface area contributed by atoms with E-state index in [0.717, 1.165) is 6.42 Å². The maximum atomic E-state index is 5.48. The van der Waals surface area contributed by atoms with Crippen LogP contribution in [0.1, 0.15) is 11.1 Å². The lowest BCUT2D eigenvalue weighted by atomic mass is 10.1. The first-order valence-electron chi connectivity index (χ1n) is 3.84. The molecule has 1 aromatic rings. The number of rotatable bonds is 3. The summed E-state index contributed by atoms with van der Waals surface area (Å²) in [6.07, 6.45) is 0.938. The normalized spacial score (nSPS) is 10.0. The Morgan fingerprint density at radius 2 is 1.82 bits per heavy atom. The number of nitrogens with two attached hydrogens (primary N) is 2. The van der Waals surface area contributed by atoms with Gasteiger partial charge in [0.1, 0.15) is 0 Å². The molecule has 0 fully saturated rings. The van der Waals surface area contributed by atoms with E-state index in [0.29, 0.717) is 13.1 Å². The fourth-order valence-corrected chi connectivity index (χ4v) is 1.08. The summed E-state index contributed by atoms with van der Waals surface area (Å²) in [5.74, 6) is 0. The van der Waals surface area contributed by atoms with Crippen LogP contribution in [0.2, 0.25) is 0 Å². The molecule has 0 saturated carbocycles. The first-order valence-corrected chi connectivity index (χ1v) is 3.84. The van der Waals surface area contributed by atoms with Crippen LogP contribution in [0, 0.1) is 0 Å². The SMILES string of the molecule is NCCc1cccc(CN)c1. The van der Waals surface area contributed by atoms with Crippen LogP contribution < -0.4 is 11.5 Å². The highest BCUT2D eigenvalue weighted by molar-refractivity contribution is 5.23. The topological polar surface area (TPSA) is 52.0 Å². The third-order valence-electron chi connectivity index (χ3n) is 1.66. The minimum atomic E-state index is 0.610. The molecule has 1 aromatic carbocycles. The van der Waals surface area contributed by atoms with E-state index in [9.17, 15) is 0 Å². The van der Waals surface area contributed by atoms with Crippen LogP contribution in [0.25, 0.3) is 0 Å². The van der Waals surface area contributed by atoms with E-state index in [4.69, 9.17) is 11.5 Å². The lowest BCUT2D eigenvalue weighted by molar-refractivity contribution is 0.959. The van der Waals surface area contributed by atoms with Crippen LogP contribution in [-0.4, -0.2) is 6.54 Å². The van der Waals surface area contributed by atoms with Gasteiger partial charge in [-0.1, -0.05) is 24.3 Å². The van der Waals surface area contributed by atoms with E-state index >= 15 is 0 Å². The van der Waals surface area contributed by atoms with Crippen molar-refractivity contribution in [2.75, 3.05) is 6.54 Å². The van der Waals surface area contributed by atoms with Crippen molar-refractivity contribution < 1.29 is 0 Å². The van der Waals surface area contributed by atoms with E-state index in [2.05, 4.69) is 12.1 Å². The lowest BCUT2D eigenvalue weighted by Crippen LogP contribution is -2.03. The summed E-state index contributed by atoms with van der Waals surface area (Å²) in [6, 6.07) is 8.23. The first-order chi connectivity index (χ1) is 5.36. The Bertz CT molecular complexity index is 221. The van der Waals surface area contributed by atoms with Gasteiger partial charge in [0.25, 0.3) is 0 Å². The Morgan fingerprint density at radius 3 is 2.45 bits per heavy atom. The summed E-state index contributed by atoms with van der Waals surface area (Å²) < 4.78 is 0. The molecule has 1 rings (SSSR count). The van der Waals surface area contributed by atoms with Crippen molar-refractivity contribution in [2.45, 2.75) is 13.0 Å². The van der Waals surface area contributed by atoms with Gasteiger partial charge in [-0.25, -0.2) is 0 Å². The van der Waals surface area contributed by atoms with Gasteiger partial charge in [0.15, 0.2) is 0 Å². The van der Waals surface area contributed by atoms with E-state index in [1.54, 1.807) is 0 Å². The van der Waals surface area contributed by atoms with Crippen molar-refractivity contribution in [1.82, 2.24) is 0 Å². The molecular weight excluding hydrogens is 136 g/mol. The molecule has 2 heteroatoms. The second-order valence-electron chi connectivity index (χ2n) is 2.56. The molecule has 0 saturated heterocycles. The quantitative estimate of drug-likeness (QED) is 0.664. The highest BCUT2D eigenvalue weighted by Crippen LogP contribution is 2.04. The van der Waals surface area contributed by atoms with Crippen LogP contribution in [0.5, 0.6) is 0 Å². The van der Waals surface area contributed by atoms with Crippen LogP contribution in [0.4, 0.5) is 0 Å². The average Bonchev–Trinajstić information content (AvgIpc) is 2.06. The molecule has 0 atom stereocenters. The van der Waals surface area contributed by atoms with Crippen molar-refractivity contribution >= 4 is 0 Å². The first kappa shape index (κ1) is 8.24. The molecule has 2 nitrogen and oxygen atoms in total. The zero-order valence-electron chi connectivity index (χ0n) is 6.59. The number of hydrogen-bond acceptors (Lipinski definition) is 2. The second kappa shape index (κ2) is 4.11. The van der Waals surface area contributed by atoms with Gasteiger partial charge in [0.05, 0.1) is 0 Å². The fraction of sp³-hybridized carbons (Fsp3) is 0.333. The van der Waals surface area contributed by atoms with Gasteiger partial charge >= 0.3 is 0 Å². The Morgan fingerprint density at radius 1 is 1.09 bits per heavy atom. The number of benzene rings is 1. The van der Waals surface area contributed by atoms with E-state index < -0.39 is 0 Å². The van der Waals surface area contributed by atoms with E-state index in [-0.39, 0.29) is 0 Å². The Kier molecular flexibility index (Phi) is 3.08. The summed E-state index contributed by atoms with van der Waals surface area (Å²) >= 11 is 0. The molecule has 0 aliphatic rings. The van der Waals surface area contributed by atoms with Gasteiger partial charge in [-0.3, -0.25) is 0 Å². The molecule has 0 aromatic heterocycles. The predicted molar refractivity (Wildman–Crippen MR) is 47.1 cm³/mol. The molecule has 0 aliphatic heterocycles. The molecule has 0 radical (unpaired) electrons. The third kappa shape index (κ3) is 2.33. The predicted octanol–water partition coefficient (Wildman–Crippen LogP) is 0.646. The van der Waals surface area contributed by atoms with Crippen molar-refractivity contribution in [2.24, 2.45) is 11.5 Å². The van der Waals surface area contributed by atoms with E-state index in [1.165, 1.54) is 11.1 Å². The van der Waals surface area contributed by atoms with E-state index in [1.807, 2.05) is 12.1 Å². The highest BCUT2D eigenvalue weighted by atomic mass is 14.5. The molecule has 11 heavy (non-hydrogen) atoms. The zero-order chi connectivity index (χ0) is 8.10. The summed E-state index contributed by atoms with van der Waals surface area (Å²) in [7, 11) is 0. The molecule has 0 heterocycles. The highest BCUT2D eigenvalue weighted by Gasteiger charge is 1.91. The molecule has 0 aliphatic carbocycles. The van der Waals surface area contributed by atoms with Crippen molar-refractivity contribution in [1.29, 1.82) is 0 Å². The minimum absolute atomic E-state index is 0.610. The van der Waals surface area contributed by atoms with Gasteiger partial charge in [-0.2, -0.15) is 0 Å². The van der Waals surface area contributed by atoms with Crippen molar-refractivity contribution in [3.8, 4) is 0 Å². The van der Waals surface area contributed by atoms with Crippen LogP contribution in [0.15, 0.2) is 24.3 Å². The van der Waals surface area contributed by atoms with Crippen molar-refractivity contribution in [3.63, 3.8) is 0 Å². The smallest absolute Gasteiger partial charge is 0.0178 e. The molecule has 60 valence electrons. The Balaban J connectivity index is 2.74. The Hall–Kier alpha value is -0.860. The summed E-state index contributed by atoms with van der Waals surface area (Å²) in [6.45, 7) is 1.31. The summed E-state index contributed by atoms with van der Waals surface area (Å²) in [5.41, 5.74) is 13.4. The molecule has 0 unspecified atom stereocenters. The maximum absolute atomic E-state index is 5.48. The largest absolute Gasteiger partial charge is 0.330 e. The Labute approximate surface area is 67.2 Å². The number of hydrogen-bond donors (Lipinski definition) is 2. The van der Waals surface area contributed by atoms with Crippen molar-refractivity contribution in [3.05, 3.63) is 35.4 Å². The average molecular weight is 150 g/mol. The van der Waals surface area contributed by atoms with Gasteiger partial charge in [-0.05, 0) is 24.1 Å². The molecule has 0 bridgehead atoms. The summed E-state index contributed by atoms with van der Waals surface area (Å²) in [4.78, 5) is 0. The molecule has 4 N–H and O–H groups in total. The van der Waals surface area contributed by atoms with Crippen LogP contribution in [-0.2, 0) is 13.0 Å². The van der Waals surface area contributed by atoms with Gasteiger partial charge < -0.3 is 11.5 Å². The standard InChI is InChI=1S/C9H14N2/c10-5-4-8-2-1-3-9(6-8)7-11/h1-3,6H,4-5,7,10-11H2. The van der Waals surface area contributed by atoms with Crippen LogP contribution >= 0.6 is 0 Å². The summed E-state index contributed by atoms with van der Waals surface area (Å²) in [5, 5.41) is 0. The zero-order valence-corrected chi connectivity index (χ0v) is 6.59. The second-order valence-corrected chi connectivity index (χ2v) is 2.56. The van der Waals surface area contributed by atoms with Crippen LogP contribution in [0.3, 0.4) is 0 Å². The molecular formula is C9H14N2. The lowest BCUT2D eigenvalue weighted by Gasteiger charge is -2.00. The minimum Gasteiger partial charge on any atom is -0.330 e.